The van der Waals surface area contributed by atoms with Crippen LogP contribution in [0.4, 0.5) is 10.5 Å². The fourth-order valence-corrected chi connectivity index (χ4v) is 8.44. The molecule has 0 aromatic heterocycles. The summed E-state index contributed by atoms with van der Waals surface area (Å²) in [4.78, 5) is 12.9. The van der Waals surface area contributed by atoms with Crippen molar-refractivity contribution in [3.8, 4) is 0 Å². The Morgan fingerprint density at radius 3 is 2.57 bits per heavy atom. The number of anilines is 1. The van der Waals surface area contributed by atoms with Crippen LogP contribution >= 0.6 is 0 Å². The number of amides is 2. The zero-order valence-electron chi connectivity index (χ0n) is 18.5. The molecular formula is C26H36N2O2. The van der Waals surface area contributed by atoms with Crippen molar-refractivity contribution in [3.05, 3.63) is 42.5 Å². The maximum Gasteiger partial charge on any atom is 0.319 e. The van der Waals surface area contributed by atoms with Gasteiger partial charge in [0.2, 0.25) is 0 Å². The molecule has 0 unspecified atom stereocenters. The molecule has 1 spiro atoms. The molecule has 30 heavy (non-hydrogen) atoms. The van der Waals surface area contributed by atoms with Crippen LogP contribution in [-0.4, -0.2) is 22.3 Å². The van der Waals surface area contributed by atoms with Crippen LogP contribution in [0, 0.1) is 22.7 Å². The van der Waals surface area contributed by atoms with Gasteiger partial charge in [-0.05, 0) is 98.7 Å². The smallest absolute Gasteiger partial charge is 0.319 e. The van der Waals surface area contributed by atoms with E-state index in [2.05, 4.69) is 31.1 Å². The molecule has 2 bridgehead atoms. The predicted octanol–water partition coefficient (Wildman–Crippen LogP) is 5.64. The zero-order chi connectivity index (χ0) is 21.2. The Kier molecular flexibility index (Phi) is 4.42. The minimum absolute atomic E-state index is 0.0968. The first-order chi connectivity index (χ1) is 14.2. The molecule has 0 radical (unpaired) electrons. The van der Waals surface area contributed by atoms with Gasteiger partial charge >= 0.3 is 6.03 Å². The van der Waals surface area contributed by atoms with Crippen molar-refractivity contribution in [2.45, 2.75) is 82.8 Å². The van der Waals surface area contributed by atoms with Crippen molar-refractivity contribution in [2.75, 3.05) is 5.32 Å². The molecule has 4 saturated carbocycles. The fourth-order valence-electron chi connectivity index (χ4n) is 8.44. The molecule has 4 aliphatic rings. The van der Waals surface area contributed by atoms with E-state index in [9.17, 15) is 9.90 Å². The van der Waals surface area contributed by atoms with Gasteiger partial charge in [-0.15, -0.1) is 0 Å². The molecular weight excluding hydrogens is 372 g/mol. The van der Waals surface area contributed by atoms with Gasteiger partial charge in [0.05, 0.1) is 5.60 Å². The molecule has 4 nitrogen and oxygen atoms in total. The summed E-state index contributed by atoms with van der Waals surface area (Å²) in [5.74, 6) is 1.08. The predicted molar refractivity (Wildman–Crippen MR) is 120 cm³/mol. The van der Waals surface area contributed by atoms with Crippen molar-refractivity contribution in [1.82, 2.24) is 5.32 Å². The first-order valence-corrected chi connectivity index (χ1v) is 11.7. The Morgan fingerprint density at radius 2 is 1.80 bits per heavy atom. The second-order valence-corrected chi connectivity index (χ2v) is 11.3. The highest BCUT2D eigenvalue weighted by atomic mass is 16.3. The van der Waals surface area contributed by atoms with Crippen LogP contribution in [0.3, 0.4) is 0 Å². The number of hydrogen-bond acceptors (Lipinski definition) is 2. The molecule has 5 rings (SSSR count). The molecule has 4 heteroatoms. The van der Waals surface area contributed by atoms with Gasteiger partial charge in [0.1, 0.15) is 0 Å². The topological polar surface area (TPSA) is 61.4 Å². The van der Waals surface area contributed by atoms with Crippen molar-refractivity contribution in [1.29, 1.82) is 0 Å². The average molecular weight is 409 g/mol. The van der Waals surface area contributed by atoms with Crippen LogP contribution < -0.4 is 10.6 Å². The summed E-state index contributed by atoms with van der Waals surface area (Å²) in [7, 11) is 0. The van der Waals surface area contributed by atoms with E-state index in [1.165, 1.54) is 6.42 Å². The molecule has 0 aliphatic heterocycles. The summed E-state index contributed by atoms with van der Waals surface area (Å²) in [5, 5.41) is 17.5. The lowest BCUT2D eigenvalue weighted by Crippen LogP contribution is -2.65. The Hall–Kier alpha value is -1.81. The van der Waals surface area contributed by atoms with Gasteiger partial charge in [0.25, 0.3) is 0 Å². The minimum Gasteiger partial charge on any atom is -0.386 e. The maximum absolute atomic E-state index is 12.9. The Balaban J connectivity index is 1.39. The highest BCUT2D eigenvalue weighted by Gasteiger charge is 2.66. The lowest BCUT2D eigenvalue weighted by molar-refractivity contribution is -0.148. The van der Waals surface area contributed by atoms with E-state index in [1.54, 1.807) is 0 Å². The fraction of sp³-hybridized carbons (Fsp3) is 0.654. The molecule has 4 fully saturated rings. The largest absolute Gasteiger partial charge is 0.386 e. The number of benzene rings is 1. The molecule has 2 amide bonds. The highest BCUT2D eigenvalue weighted by molar-refractivity contribution is 5.89. The molecule has 0 saturated heterocycles. The Labute approximate surface area is 180 Å². The molecule has 1 aromatic rings. The van der Waals surface area contributed by atoms with Gasteiger partial charge in [-0.25, -0.2) is 4.79 Å². The lowest BCUT2D eigenvalue weighted by atomic mass is 9.42. The number of carbonyl (C=O) groups excluding carboxylic acids is 1. The van der Waals surface area contributed by atoms with E-state index in [4.69, 9.17) is 0 Å². The van der Waals surface area contributed by atoms with E-state index in [-0.39, 0.29) is 22.4 Å². The van der Waals surface area contributed by atoms with Gasteiger partial charge in [-0.3, -0.25) is 0 Å². The Bertz CT molecular complexity index is 869. The monoisotopic (exact) mass is 408 g/mol. The Morgan fingerprint density at radius 1 is 1.07 bits per heavy atom. The number of aliphatic hydroxyl groups is 1. The summed E-state index contributed by atoms with van der Waals surface area (Å²) < 4.78 is 0. The van der Waals surface area contributed by atoms with Crippen LogP contribution in [0.1, 0.15) is 71.6 Å². The first kappa shape index (κ1) is 20.1. The van der Waals surface area contributed by atoms with E-state index >= 15 is 0 Å². The second-order valence-electron chi connectivity index (χ2n) is 11.3. The summed E-state index contributed by atoms with van der Waals surface area (Å²) in [6.07, 6.45) is 9.54. The summed E-state index contributed by atoms with van der Waals surface area (Å²) in [5.41, 5.74) is 1.51. The standard InChI is InChI=1S/C26H36N2O2/c1-18-16-25-14-10-20-23(2,21(25)11-15-26(18,30)17-25)12-7-13-24(20,3)28-22(29)27-19-8-5-4-6-9-19/h4-6,8-9,20-21,30H,1,7,10-17H2,2-3H3,(H2,27,28,29)/t20-,21-,23+,24+,25+,26-/m0/s1. The van der Waals surface area contributed by atoms with Gasteiger partial charge in [-0.2, -0.15) is 0 Å². The van der Waals surface area contributed by atoms with Crippen LogP contribution in [0.15, 0.2) is 42.5 Å². The molecule has 1 aromatic carbocycles. The molecule has 0 heterocycles. The minimum atomic E-state index is -0.620. The molecule has 4 aliphatic carbocycles. The van der Waals surface area contributed by atoms with Gasteiger partial charge in [-0.1, -0.05) is 38.1 Å². The van der Waals surface area contributed by atoms with E-state index in [1.807, 2.05) is 30.3 Å². The number of nitrogens with one attached hydrogen (secondary N) is 2. The number of para-hydroxylation sites is 1. The van der Waals surface area contributed by atoms with Crippen molar-refractivity contribution in [2.24, 2.45) is 22.7 Å². The summed E-state index contributed by atoms with van der Waals surface area (Å²) in [6.45, 7) is 9.03. The van der Waals surface area contributed by atoms with Gasteiger partial charge < -0.3 is 15.7 Å². The summed E-state index contributed by atoms with van der Waals surface area (Å²) >= 11 is 0. The lowest BCUT2D eigenvalue weighted by Gasteiger charge is -2.64. The third-order valence-electron chi connectivity index (χ3n) is 9.59. The van der Waals surface area contributed by atoms with Crippen molar-refractivity contribution in [3.63, 3.8) is 0 Å². The van der Waals surface area contributed by atoms with Crippen LogP contribution in [0.5, 0.6) is 0 Å². The second kappa shape index (κ2) is 6.59. The van der Waals surface area contributed by atoms with Crippen molar-refractivity contribution >= 4 is 11.7 Å². The number of urea groups is 1. The number of hydrogen-bond donors (Lipinski definition) is 3. The van der Waals surface area contributed by atoms with Gasteiger partial charge in [0, 0.05) is 11.2 Å². The van der Waals surface area contributed by atoms with E-state index in [0.717, 1.165) is 62.6 Å². The van der Waals surface area contributed by atoms with Crippen LogP contribution in [0.2, 0.25) is 0 Å². The average Bonchev–Trinajstić information content (AvgIpc) is 2.85. The number of fused-ring (bicyclic) bond motifs is 3. The van der Waals surface area contributed by atoms with Crippen LogP contribution in [0.25, 0.3) is 0 Å². The quantitative estimate of drug-likeness (QED) is 0.554. The van der Waals surface area contributed by atoms with E-state index < -0.39 is 5.60 Å². The molecule has 3 N–H and O–H groups in total. The normalized spacial score (nSPS) is 44.7. The first-order valence-electron chi connectivity index (χ1n) is 11.7. The van der Waals surface area contributed by atoms with Crippen molar-refractivity contribution < 1.29 is 9.90 Å². The maximum atomic E-state index is 12.9. The van der Waals surface area contributed by atoms with Crippen LogP contribution in [-0.2, 0) is 0 Å². The summed E-state index contributed by atoms with van der Waals surface area (Å²) in [6, 6.07) is 9.59. The third-order valence-corrected chi connectivity index (χ3v) is 9.59. The zero-order valence-corrected chi connectivity index (χ0v) is 18.5. The highest BCUT2D eigenvalue weighted by Crippen LogP contribution is 2.71. The van der Waals surface area contributed by atoms with E-state index in [0.29, 0.717) is 11.8 Å². The molecule has 6 atom stereocenters. The number of carbonyl (C=O) groups is 1. The number of rotatable bonds is 2. The SMILES string of the molecule is C=C1C[C@@]23CC[C@H]4[C@@](C)(CCC[C@@]4(C)NC(=O)Nc4ccccc4)[C@@H]2CC[C@]1(O)C3. The molecule has 162 valence electrons. The third kappa shape index (κ3) is 2.86. The van der Waals surface area contributed by atoms with Gasteiger partial charge in [0.15, 0.2) is 0 Å².